The van der Waals surface area contributed by atoms with Gasteiger partial charge in [0.25, 0.3) is 0 Å². The summed E-state index contributed by atoms with van der Waals surface area (Å²) < 4.78 is 10.8. The first-order chi connectivity index (χ1) is 13.7. The van der Waals surface area contributed by atoms with Gasteiger partial charge in [0.1, 0.15) is 12.4 Å². The molecule has 148 valence electrons. The summed E-state index contributed by atoms with van der Waals surface area (Å²) in [7, 11) is 1.48. The van der Waals surface area contributed by atoms with E-state index in [4.69, 9.17) is 9.47 Å². The lowest BCUT2D eigenvalue weighted by molar-refractivity contribution is -0.142. The van der Waals surface area contributed by atoms with Gasteiger partial charge in [-0.3, -0.25) is 9.69 Å². The first-order valence-corrected chi connectivity index (χ1v) is 10.3. The second kappa shape index (κ2) is 8.78. The molecule has 0 N–H and O–H groups in total. The van der Waals surface area contributed by atoms with E-state index in [0.29, 0.717) is 25.0 Å². The van der Waals surface area contributed by atoms with Crippen LogP contribution in [0.25, 0.3) is 0 Å². The zero-order chi connectivity index (χ0) is 19.3. The molecule has 2 bridgehead atoms. The standard InChI is InChI=1S/C24H29NO3/c1-27-24(26)16-21-14-20-15-23(21)25(17-20)11-12-28-22-9-7-19(8-10-22)13-18-5-3-2-4-6-18/h2-10,20-21,23H,11-17H2,1H3. The molecule has 1 aliphatic carbocycles. The third-order valence-electron chi connectivity index (χ3n) is 6.19. The van der Waals surface area contributed by atoms with Crippen LogP contribution < -0.4 is 4.74 Å². The smallest absolute Gasteiger partial charge is 0.305 e. The van der Waals surface area contributed by atoms with E-state index in [1.807, 2.05) is 6.07 Å². The van der Waals surface area contributed by atoms with Crippen molar-refractivity contribution in [3.8, 4) is 5.75 Å². The number of carbonyl (C=O) groups is 1. The number of benzene rings is 2. The average Bonchev–Trinajstić information content (AvgIpc) is 3.30. The highest BCUT2D eigenvalue weighted by Gasteiger charge is 2.45. The largest absolute Gasteiger partial charge is 0.492 e. The number of hydrogen-bond acceptors (Lipinski definition) is 4. The topological polar surface area (TPSA) is 38.8 Å². The molecule has 4 nitrogen and oxygen atoms in total. The molecule has 2 aliphatic rings. The van der Waals surface area contributed by atoms with Gasteiger partial charge in [-0.05, 0) is 54.4 Å². The van der Waals surface area contributed by atoms with Crippen molar-refractivity contribution in [2.24, 2.45) is 11.8 Å². The normalized spacial score (nSPS) is 23.7. The van der Waals surface area contributed by atoms with Crippen LogP contribution in [0, 0.1) is 11.8 Å². The lowest BCUT2D eigenvalue weighted by Gasteiger charge is -2.32. The number of piperidine rings is 1. The van der Waals surface area contributed by atoms with Crippen LogP contribution in [-0.4, -0.2) is 43.7 Å². The number of likely N-dealkylation sites (tertiary alicyclic amines) is 1. The van der Waals surface area contributed by atoms with Crippen molar-refractivity contribution < 1.29 is 14.3 Å². The number of fused-ring (bicyclic) bond motifs is 2. The van der Waals surface area contributed by atoms with Crippen LogP contribution in [-0.2, 0) is 16.0 Å². The molecule has 4 heteroatoms. The van der Waals surface area contributed by atoms with Crippen LogP contribution >= 0.6 is 0 Å². The van der Waals surface area contributed by atoms with Crippen LogP contribution in [0.3, 0.4) is 0 Å². The minimum absolute atomic E-state index is 0.0793. The Bertz CT molecular complexity index is 774. The molecule has 0 spiro atoms. The molecule has 1 saturated heterocycles. The van der Waals surface area contributed by atoms with Crippen LogP contribution in [0.2, 0.25) is 0 Å². The van der Waals surface area contributed by atoms with Gasteiger partial charge < -0.3 is 9.47 Å². The van der Waals surface area contributed by atoms with Gasteiger partial charge in [0.2, 0.25) is 0 Å². The number of methoxy groups -OCH3 is 1. The Labute approximate surface area is 167 Å². The number of hydrogen-bond donors (Lipinski definition) is 0. The lowest BCUT2D eigenvalue weighted by Crippen LogP contribution is -2.41. The Balaban J connectivity index is 1.23. The van der Waals surface area contributed by atoms with Gasteiger partial charge in [0.15, 0.2) is 0 Å². The second-order valence-electron chi connectivity index (χ2n) is 8.09. The average molecular weight is 380 g/mol. The van der Waals surface area contributed by atoms with Crippen molar-refractivity contribution >= 4 is 5.97 Å². The van der Waals surface area contributed by atoms with Crippen molar-refractivity contribution in [1.82, 2.24) is 4.90 Å². The van der Waals surface area contributed by atoms with Gasteiger partial charge in [-0.1, -0.05) is 42.5 Å². The highest BCUT2D eigenvalue weighted by Crippen LogP contribution is 2.43. The molecule has 0 radical (unpaired) electrons. The van der Waals surface area contributed by atoms with E-state index in [-0.39, 0.29) is 5.97 Å². The van der Waals surface area contributed by atoms with E-state index in [1.54, 1.807) is 0 Å². The van der Waals surface area contributed by atoms with Crippen molar-refractivity contribution in [2.75, 3.05) is 26.8 Å². The Morgan fingerprint density at radius 2 is 1.79 bits per heavy atom. The monoisotopic (exact) mass is 379 g/mol. The summed E-state index contributed by atoms with van der Waals surface area (Å²) in [5.41, 5.74) is 2.61. The molecule has 2 aromatic carbocycles. The number of esters is 1. The first kappa shape index (κ1) is 19.0. The van der Waals surface area contributed by atoms with Gasteiger partial charge in [0, 0.05) is 25.6 Å². The fraction of sp³-hybridized carbons (Fsp3) is 0.458. The summed E-state index contributed by atoms with van der Waals surface area (Å²) in [5, 5.41) is 0. The highest BCUT2D eigenvalue weighted by atomic mass is 16.5. The number of nitrogens with zero attached hydrogens (tertiary/aromatic N) is 1. The lowest BCUT2D eigenvalue weighted by atomic mass is 9.95. The van der Waals surface area contributed by atoms with Gasteiger partial charge >= 0.3 is 5.97 Å². The quantitative estimate of drug-likeness (QED) is 0.652. The first-order valence-electron chi connectivity index (χ1n) is 10.3. The van der Waals surface area contributed by atoms with Crippen LogP contribution in [0.1, 0.15) is 30.4 Å². The van der Waals surface area contributed by atoms with Crippen LogP contribution in [0.5, 0.6) is 5.75 Å². The van der Waals surface area contributed by atoms with Crippen LogP contribution in [0.15, 0.2) is 54.6 Å². The second-order valence-corrected chi connectivity index (χ2v) is 8.09. The van der Waals surface area contributed by atoms with E-state index in [2.05, 4.69) is 53.4 Å². The molecule has 0 aromatic heterocycles. The maximum atomic E-state index is 11.6. The summed E-state index contributed by atoms with van der Waals surface area (Å²) in [6.45, 7) is 2.75. The van der Waals surface area contributed by atoms with Crippen molar-refractivity contribution in [3.63, 3.8) is 0 Å². The maximum absolute atomic E-state index is 11.6. The van der Waals surface area contributed by atoms with E-state index in [1.165, 1.54) is 31.1 Å². The predicted molar refractivity (Wildman–Crippen MR) is 109 cm³/mol. The molecule has 28 heavy (non-hydrogen) atoms. The number of carbonyl (C=O) groups excluding carboxylic acids is 1. The summed E-state index contributed by atoms with van der Waals surface area (Å²) in [6.07, 6.45) is 3.88. The van der Waals surface area contributed by atoms with Crippen molar-refractivity contribution in [3.05, 3.63) is 65.7 Å². The van der Waals surface area contributed by atoms with E-state index < -0.39 is 0 Å². The van der Waals surface area contributed by atoms with E-state index in [9.17, 15) is 4.79 Å². The Morgan fingerprint density at radius 1 is 1.04 bits per heavy atom. The van der Waals surface area contributed by atoms with E-state index >= 15 is 0 Å². The third-order valence-corrected chi connectivity index (χ3v) is 6.19. The number of rotatable bonds is 8. The summed E-state index contributed by atoms with van der Waals surface area (Å²) in [5.74, 6) is 2.03. The Hall–Kier alpha value is -2.33. The maximum Gasteiger partial charge on any atom is 0.305 e. The zero-order valence-electron chi connectivity index (χ0n) is 16.5. The van der Waals surface area contributed by atoms with Gasteiger partial charge in [-0.15, -0.1) is 0 Å². The van der Waals surface area contributed by atoms with Gasteiger partial charge in [-0.2, -0.15) is 0 Å². The molecule has 3 unspecified atom stereocenters. The van der Waals surface area contributed by atoms with Gasteiger partial charge in [-0.25, -0.2) is 0 Å². The van der Waals surface area contributed by atoms with Crippen molar-refractivity contribution in [2.45, 2.75) is 31.7 Å². The van der Waals surface area contributed by atoms with Crippen LogP contribution in [0.4, 0.5) is 0 Å². The minimum atomic E-state index is -0.0793. The molecule has 2 fully saturated rings. The third kappa shape index (κ3) is 4.56. The molecule has 1 heterocycles. The van der Waals surface area contributed by atoms with E-state index in [0.717, 1.165) is 31.2 Å². The predicted octanol–water partition coefficient (Wildman–Crippen LogP) is 3.93. The Kier molecular flexibility index (Phi) is 5.96. The Morgan fingerprint density at radius 3 is 2.50 bits per heavy atom. The molecular formula is C24H29NO3. The molecule has 4 rings (SSSR count). The summed E-state index contributed by atoms with van der Waals surface area (Å²) in [4.78, 5) is 14.1. The number of ether oxygens (including phenoxy) is 2. The van der Waals surface area contributed by atoms with Gasteiger partial charge in [0.05, 0.1) is 7.11 Å². The minimum Gasteiger partial charge on any atom is -0.492 e. The summed E-state index contributed by atoms with van der Waals surface area (Å²) >= 11 is 0. The van der Waals surface area contributed by atoms with Crippen molar-refractivity contribution in [1.29, 1.82) is 0 Å². The molecule has 0 amide bonds. The highest BCUT2D eigenvalue weighted by molar-refractivity contribution is 5.69. The molecule has 1 saturated carbocycles. The fourth-order valence-corrected chi connectivity index (χ4v) is 4.87. The molecular weight excluding hydrogens is 350 g/mol. The molecule has 2 aromatic rings. The molecule has 3 atom stereocenters. The molecule has 1 aliphatic heterocycles. The summed E-state index contributed by atoms with van der Waals surface area (Å²) in [6, 6.07) is 19.4. The SMILES string of the molecule is COC(=O)CC1CC2CC1N(CCOc1ccc(Cc3ccccc3)cc1)C2. The zero-order valence-corrected chi connectivity index (χ0v) is 16.5. The fourth-order valence-electron chi connectivity index (χ4n) is 4.87.